The van der Waals surface area contributed by atoms with Crippen LogP contribution in [0.15, 0.2) is 40.3 Å². The van der Waals surface area contributed by atoms with E-state index in [1.165, 1.54) is 43.9 Å². The number of ether oxygens (including phenoxy) is 1. The summed E-state index contributed by atoms with van der Waals surface area (Å²) in [5.74, 6) is 1.10. The SMILES string of the molecule is C=C(CCC1=NC(Nc2ccc(NC=O)cc2OC)N=CC1F)C1CCCCC1. The number of halogens is 1. The van der Waals surface area contributed by atoms with Crippen molar-refractivity contribution in [3.63, 3.8) is 0 Å². The molecule has 1 aromatic carbocycles. The molecule has 0 saturated heterocycles. The van der Waals surface area contributed by atoms with E-state index >= 15 is 0 Å². The first-order valence-corrected chi connectivity index (χ1v) is 10.2. The molecule has 1 saturated carbocycles. The van der Waals surface area contributed by atoms with E-state index in [0.29, 0.717) is 41.6 Å². The van der Waals surface area contributed by atoms with Gasteiger partial charge in [0.05, 0.1) is 18.5 Å². The van der Waals surface area contributed by atoms with Gasteiger partial charge in [0.25, 0.3) is 0 Å². The number of nitrogens with zero attached hydrogens (tertiary/aromatic N) is 2. The van der Waals surface area contributed by atoms with Crippen LogP contribution in [0.4, 0.5) is 15.8 Å². The van der Waals surface area contributed by atoms with E-state index in [2.05, 4.69) is 27.2 Å². The zero-order valence-electron chi connectivity index (χ0n) is 16.9. The molecule has 1 aliphatic heterocycles. The normalized spacial score (nSPS) is 21.9. The molecule has 0 aromatic heterocycles. The van der Waals surface area contributed by atoms with Crippen molar-refractivity contribution in [1.29, 1.82) is 0 Å². The van der Waals surface area contributed by atoms with Crippen LogP contribution in [0.1, 0.15) is 44.9 Å². The summed E-state index contributed by atoms with van der Waals surface area (Å²) >= 11 is 0. The molecule has 2 N–H and O–H groups in total. The van der Waals surface area contributed by atoms with Crippen molar-refractivity contribution in [2.45, 2.75) is 57.4 Å². The molecule has 1 amide bonds. The highest BCUT2D eigenvalue weighted by Gasteiger charge is 2.23. The number of methoxy groups -OCH3 is 1. The lowest BCUT2D eigenvalue weighted by Gasteiger charge is -2.25. The molecule has 29 heavy (non-hydrogen) atoms. The molecule has 1 aliphatic carbocycles. The highest BCUT2D eigenvalue weighted by molar-refractivity contribution is 6.02. The number of anilines is 2. The molecule has 3 rings (SSSR count). The number of carbonyl (C=O) groups is 1. The Morgan fingerprint density at radius 3 is 2.86 bits per heavy atom. The van der Waals surface area contributed by atoms with E-state index < -0.39 is 12.5 Å². The van der Waals surface area contributed by atoms with Gasteiger partial charge in [0, 0.05) is 18.0 Å². The number of carbonyl (C=O) groups excluding carboxylic acids is 1. The van der Waals surface area contributed by atoms with Gasteiger partial charge in [0.2, 0.25) is 12.7 Å². The minimum Gasteiger partial charge on any atom is -0.495 e. The largest absolute Gasteiger partial charge is 0.495 e. The third-order valence-electron chi connectivity index (χ3n) is 5.56. The smallest absolute Gasteiger partial charge is 0.213 e. The molecular weight excluding hydrogens is 371 g/mol. The number of allylic oxidation sites excluding steroid dienone is 1. The first-order chi connectivity index (χ1) is 14.1. The molecule has 0 spiro atoms. The summed E-state index contributed by atoms with van der Waals surface area (Å²) in [7, 11) is 1.54. The highest BCUT2D eigenvalue weighted by Crippen LogP contribution is 2.32. The second-order valence-electron chi connectivity index (χ2n) is 7.51. The van der Waals surface area contributed by atoms with E-state index in [9.17, 15) is 9.18 Å². The van der Waals surface area contributed by atoms with Crippen molar-refractivity contribution in [3.8, 4) is 5.75 Å². The van der Waals surface area contributed by atoms with Gasteiger partial charge in [-0.1, -0.05) is 31.4 Å². The van der Waals surface area contributed by atoms with Crippen molar-refractivity contribution in [3.05, 3.63) is 30.4 Å². The third kappa shape index (κ3) is 5.65. The van der Waals surface area contributed by atoms with Crippen LogP contribution in [0.25, 0.3) is 0 Å². The van der Waals surface area contributed by atoms with Crippen LogP contribution in [0.2, 0.25) is 0 Å². The second-order valence-corrected chi connectivity index (χ2v) is 7.51. The first-order valence-electron chi connectivity index (χ1n) is 10.2. The van der Waals surface area contributed by atoms with E-state index in [-0.39, 0.29) is 0 Å². The van der Waals surface area contributed by atoms with Crippen LogP contribution >= 0.6 is 0 Å². The average Bonchev–Trinajstić information content (AvgIpc) is 2.75. The summed E-state index contributed by atoms with van der Waals surface area (Å²) in [5, 5.41) is 5.73. The zero-order valence-corrected chi connectivity index (χ0v) is 16.9. The van der Waals surface area contributed by atoms with Crippen LogP contribution in [0, 0.1) is 5.92 Å². The van der Waals surface area contributed by atoms with E-state index in [1.54, 1.807) is 25.3 Å². The average molecular weight is 400 g/mol. The lowest BCUT2D eigenvalue weighted by atomic mass is 9.82. The van der Waals surface area contributed by atoms with Gasteiger partial charge >= 0.3 is 0 Å². The van der Waals surface area contributed by atoms with Crippen LogP contribution in [0.3, 0.4) is 0 Å². The Balaban J connectivity index is 1.63. The quantitative estimate of drug-likeness (QED) is 0.464. The van der Waals surface area contributed by atoms with Crippen molar-refractivity contribution < 1.29 is 13.9 Å². The van der Waals surface area contributed by atoms with Crippen molar-refractivity contribution >= 4 is 29.7 Å². The number of rotatable bonds is 9. The van der Waals surface area contributed by atoms with E-state index in [4.69, 9.17) is 4.74 Å². The third-order valence-corrected chi connectivity index (χ3v) is 5.56. The second kappa shape index (κ2) is 10.2. The number of benzene rings is 1. The Labute approximate surface area is 171 Å². The Morgan fingerprint density at radius 1 is 1.34 bits per heavy atom. The van der Waals surface area contributed by atoms with Gasteiger partial charge < -0.3 is 15.4 Å². The number of aliphatic imine (C=N–C) groups is 2. The standard InChI is InChI=1S/C22H29FN4O2/c1-15(16-6-4-3-5-7-16)8-10-19-18(23)13-24-22(26-19)27-20-11-9-17(25-14-28)12-21(20)29-2/h9,11-14,16,18,22,27H,1,3-8,10H2,2H3,(H,25,28). The van der Waals surface area contributed by atoms with Crippen LogP contribution in [0.5, 0.6) is 5.75 Å². The van der Waals surface area contributed by atoms with E-state index in [1.807, 2.05) is 0 Å². The molecule has 7 heteroatoms. The summed E-state index contributed by atoms with van der Waals surface area (Å²) in [6.07, 6.45) is 7.59. The topological polar surface area (TPSA) is 75.1 Å². The number of nitrogens with one attached hydrogen (secondary N) is 2. The first kappa shape index (κ1) is 21.0. The summed E-state index contributed by atoms with van der Waals surface area (Å²) < 4.78 is 19.7. The van der Waals surface area contributed by atoms with Crippen LogP contribution in [-0.4, -0.2) is 37.9 Å². The molecular formula is C22H29FN4O2. The lowest BCUT2D eigenvalue weighted by molar-refractivity contribution is -0.105. The summed E-state index contributed by atoms with van der Waals surface area (Å²) in [6, 6.07) is 5.20. The minimum atomic E-state index is -1.26. The molecule has 1 heterocycles. The fraction of sp³-hybridized carbons (Fsp3) is 0.500. The Bertz CT molecular complexity index is 787. The van der Waals surface area contributed by atoms with Gasteiger partial charge in [0.1, 0.15) is 5.75 Å². The summed E-state index contributed by atoms with van der Waals surface area (Å²) in [4.78, 5) is 19.2. The van der Waals surface area contributed by atoms with Gasteiger partial charge in [-0.25, -0.2) is 14.4 Å². The van der Waals surface area contributed by atoms with Gasteiger partial charge in [-0.3, -0.25) is 4.79 Å². The molecule has 156 valence electrons. The maximum absolute atomic E-state index is 14.3. The van der Waals surface area contributed by atoms with Gasteiger partial charge in [-0.15, -0.1) is 0 Å². The molecule has 1 fully saturated rings. The lowest BCUT2D eigenvalue weighted by Crippen LogP contribution is -2.29. The molecule has 1 aromatic rings. The number of hydrogen-bond donors (Lipinski definition) is 2. The minimum absolute atomic E-state index is 0.493. The Hall–Kier alpha value is -2.70. The fourth-order valence-electron chi connectivity index (χ4n) is 3.89. The van der Waals surface area contributed by atoms with Gasteiger partial charge in [0.15, 0.2) is 6.17 Å². The predicted octanol–water partition coefficient (Wildman–Crippen LogP) is 4.74. The molecule has 0 bridgehead atoms. The predicted molar refractivity (Wildman–Crippen MR) is 116 cm³/mol. The number of hydrogen-bond acceptors (Lipinski definition) is 5. The fourth-order valence-corrected chi connectivity index (χ4v) is 3.89. The maximum atomic E-state index is 14.3. The van der Waals surface area contributed by atoms with Crippen molar-refractivity contribution in [2.75, 3.05) is 17.7 Å². The van der Waals surface area contributed by atoms with Crippen molar-refractivity contribution in [2.24, 2.45) is 15.9 Å². The maximum Gasteiger partial charge on any atom is 0.213 e. The molecule has 6 nitrogen and oxygen atoms in total. The summed E-state index contributed by atoms with van der Waals surface area (Å²) in [6.45, 7) is 4.25. The Morgan fingerprint density at radius 2 is 2.14 bits per heavy atom. The zero-order chi connectivity index (χ0) is 20.6. The number of amides is 1. The molecule has 2 atom stereocenters. The van der Waals surface area contributed by atoms with Gasteiger partial charge in [-0.05, 0) is 43.7 Å². The molecule has 2 aliphatic rings. The van der Waals surface area contributed by atoms with Crippen LogP contribution in [-0.2, 0) is 4.79 Å². The van der Waals surface area contributed by atoms with Crippen molar-refractivity contribution in [1.82, 2.24) is 0 Å². The summed E-state index contributed by atoms with van der Waals surface area (Å²) in [5.41, 5.74) is 2.99. The monoisotopic (exact) mass is 400 g/mol. The van der Waals surface area contributed by atoms with Gasteiger partial charge in [-0.2, -0.15) is 0 Å². The Kier molecular flexibility index (Phi) is 7.38. The highest BCUT2D eigenvalue weighted by atomic mass is 19.1. The molecule has 2 unspecified atom stereocenters. The molecule has 0 radical (unpaired) electrons. The number of alkyl halides is 1. The van der Waals surface area contributed by atoms with E-state index in [0.717, 1.165) is 6.42 Å². The van der Waals surface area contributed by atoms with Crippen LogP contribution < -0.4 is 15.4 Å².